The topological polar surface area (TPSA) is 59.0 Å². The van der Waals surface area contributed by atoms with Crippen LogP contribution < -0.4 is 10.6 Å². The zero-order valence-electron chi connectivity index (χ0n) is 14.4. The van der Waals surface area contributed by atoms with Gasteiger partial charge in [-0.15, -0.1) is 0 Å². The van der Waals surface area contributed by atoms with Gasteiger partial charge in [0.25, 0.3) is 5.91 Å². The lowest BCUT2D eigenvalue weighted by atomic mass is 9.97. The summed E-state index contributed by atoms with van der Waals surface area (Å²) in [6.07, 6.45) is -4.80. The molecule has 0 fully saturated rings. The van der Waals surface area contributed by atoms with Crippen LogP contribution in [-0.4, -0.2) is 27.9 Å². The van der Waals surface area contributed by atoms with Crippen LogP contribution in [-0.2, 0) is 0 Å². The van der Waals surface area contributed by atoms with Gasteiger partial charge in [-0.05, 0) is 31.5 Å². The molecule has 1 aromatic heterocycles. The molecule has 5 nitrogen and oxygen atoms in total. The number of rotatable bonds is 3. The van der Waals surface area contributed by atoms with Crippen molar-refractivity contribution >= 4 is 39.3 Å². The highest BCUT2D eigenvalue weighted by atomic mass is 79.9. The number of nitrogens with one attached hydrogen (secondary N) is 2. The molecule has 0 radical (unpaired) electrons. The normalized spacial score (nSPS) is 19.6. The molecule has 10 heteroatoms. The lowest BCUT2D eigenvalue weighted by Crippen LogP contribution is -2.36. The van der Waals surface area contributed by atoms with Crippen molar-refractivity contribution in [2.45, 2.75) is 44.6 Å². The number of hydrogen-bond donors (Lipinski definition) is 2. The van der Waals surface area contributed by atoms with Crippen LogP contribution in [0.4, 0.5) is 19.0 Å². The summed E-state index contributed by atoms with van der Waals surface area (Å²) in [4.78, 5) is 12.3. The molecule has 0 saturated heterocycles. The van der Waals surface area contributed by atoms with Crippen molar-refractivity contribution in [2.24, 2.45) is 0 Å². The van der Waals surface area contributed by atoms with Gasteiger partial charge in [0, 0.05) is 16.9 Å². The number of carbonyl (C=O) groups is 1. The molecule has 1 amide bonds. The number of fused-ring (bicyclic) bond motifs is 1. The molecule has 2 N–H and O–H groups in total. The number of hydrogen-bond acceptors (Lipinski definition) is 3. The molecule has 2 heterocycles. The maximum absolute atomic E-state index is 13.7. The first kappa shape index (κ1) is 20.0. The van der Waals surface area contributed by atoms with Crippen LogP contribution in [0.25, 0.3) is 0 Å². The van der Waals surface area contributed by atoms with Gasteiger partial charge in [0.2, 0.25) is 0 Å². The van der Waals surface area contributed by atoms with Gasteiger partial charge in [-0.3, -0.25) is 4.79 Å². The molecule has 146 valence electrons. The second-order valence-corrected chi connectivity index (χ2v) is 7.92. The number of aromatic nitrogens is 2. The first-order valence-corrected chi connectivity index (χ1v) is 9.42. The minimum atomic E-state index is -4.54. The molecule has 2 atom stereocenters. The Morgan fingerprint density at radius 2 is 2.00 bits per heavy atom. The van der Waals surface area contributed by atoms with Crippen LogP contribution in [0.2, 0.25) is 5.02 Å². The fraction of sp³-hybridized carbons (Fsp3) is 0.412. The molecule has 27 heavy (non-hydrogen) atoms. The number of anilines is 1. The van der Waals surface area contributed by atoms with Crippen LogP contribution in [0.5, 0.6) is 0 Å². The van der Waals surface area contributed by atoms with E-state index in [9.17, 15) is 18.0 Å². The smallest absolute Gasteiger partial charge is 0.362 e. The second kappa shape index (κ2) is 7.35. The monoisotopic (exact) mass is 464 g/mol. The molecule has 3 rings (SSSR count). The van der Waals surface area contributed by atoms with Crippen molar-refractivity contribution in [3.8, 4) is 0 Å². The summed E-state index contributed by atoms with van der Waals surface area (Å²) < 4.78 is 42.7. The largest absolute Gasteiger partial charge is 0.410 e. The van der Waals surface area contributed by atoms with Crippen molar-refractivity contribution in [3.05, 3.63) is 45.0 Å². The quantitative estimate of drug-likeness (QED) is 0.663. The van der Waals surface area contributed by atoms with E-state index in [1.807, 2.05) is 0 Å². The van der Waals surface area contributed by atoms with Crippen LogP contribution in [0, 0.1) is 0 Å². The maximum Gasteiger partial charge on any atom is 0.410 e. The molecule has 1 aliphatic rings. The number of benzene rings is 1. The van der Waals surface area contributed by atoms with Gasteiger partial charge in [-0.25, -0.2) is 4.68 Å². The van der Waals surface area contributed by atoms with Gasteiger partial charge in [0.1, 0.15) is 10.8 Å². The summed E-state index contributed by atoms with van der Waals surface area (Å²) in [7, 11) is 0. The van der Waals surface area contributed by atoms with Crippen LogP contribution in [0.15, 0.2) is 28.7 Å². The Balaban J connectivity index is 2.03. The summed E-state index contributed by atoms with van der Waals surface area (Å²) in [5.74, 6) is -0.619. The maximum atomic E-state index is 13.7. The van der Waals surface area contributed by atoms with Crippen molar-refractivity contribution in [2.75, 3.05) is 5.32 Å². The van der Waals surface area contributed by atoms with Crippen molar-refractivity contribution in [1.82, 2.24) is 15.1 Å². The van der Waals surface area contributed by atoms with E-state index in [0.29, 0.717) is 5.56 Å². The third-order valence-electron chi connectivity index (χ3n) is 4.20. The average Bonchev–Trinajstić information content (AvgIpc) is 2.90. The Bertz CT molecular complexity index is 851. The minimum absolute atomic E-state index is 0.00735. The van der Waals surface area contributed by atoms with E-state index in [1.54, 1.807) is 38.1 Å². The number of carbonyl (C=O) groups excluding carboxylic acids is 1. The highest BCUT2D eigenvalue weighted by Crippen LogP contribution is 2.46. The highest BCUT2D eigenvalue weighted by Gasteiger charge is 2.47. The van der Waals surface area contributed by atoms with Crippen molar-refractivity contribution < 1.29 is 18.0 Å². The Morgan fingerprint density at radius 3 is 2.56 bits per heavy atom. The Morgan fingerprint density at radius 1 is 1.37 bits per heavy atom. The van der Waals surface area contributed by atoms with Gasteiger partial charge < -0.3 is 10.6 Å². The van der Waals surface area contributed by atoms with Crippen molar-refractivity contribution in [1.29, 1.82) is 0 Å². The van der Waals surface area contributed by atoms with Gasteiger partial charge in [0.05, 0.1) is 6.04 Å². The molecular weight excluding hydrogens is 449 g/mol. The average molecular weight is 466 g/mol. The second-order valence-electron chi connectivity index (χ2n) is 6.63. The lowest BCUT2D eigenvalue weighted by Gasteiger charge is -2.33. The fourth-order valence-electron chi connectivity index (χ4n) is 2.98. The summed E-state index contributed by atoms with van der Waals surface area (Å²) in [5, 5.41) is 9.36. The molecular formula is C17H17BrClF3N4O. The molecule has 0 spiro atoms. The van der Waals surface area contributed by atoms with Crippen LogP contribution >= 0.6 is 27.5 Å². The summed E-state index contributed by atoms with van der Waals surface area (Å²) in [6.45, 7) is 3.48. The van der Waals surface area contributed by atoms with Gasteiger partial charge in [-0.1, -0.05) is 39.7 Å². The van der Waals surface area contributed by atoms with E-state index in [2.05, 4.69) is 31.7 Å². The van der Waals surface area contributed by atoms with Gasteiger partial charge in [0.15, 0.2) is 11.7 Å². The molecule has 2 unspecified atom stereocenters. The molecule has 0 bridgehead atoms. The van der Waals surface area contributed by atoms with E-state index in [4.69, 9.17) is 11.6 Å². The number of alkyl halides is 3. The lowest BCUT2D eigenvalue weighted by molar-refractivity contribution is -0.173. The Kier molecular flexibility index (Phi) is 5.45. The van der Waals surface area contributed by atoms with E-state index >= 15 is 0 Å². The van der Waals surface area contributed by atoms with Gasteiger partial charge >= 0.3 is 6.18 Å². The van der Waals surface area contributed by atoms with E-state index < -0.39 is 24.2 Å². The summed E-state index contributed by atoms with van der Waals surface area (Å²) >= 11 is 9.54. The van der Waals surface area contributed by atoms with Crippen LogP contribution in [0.1, 0.15) is 48.4 Å². The molecule has 0 aliphatic carbocycles. The molecule has 0 saturated carbocycles. The zero-order chi connectivity index (χ0) is 19.9. The number of nitrogens with zero attached hydrogens (tertiary/aromatic N) is 2. The Labute approximate surface area is 167 Å². The van der Waals surface area contributed by atoms with Gasteiger partial charge in [-0.2, -0.15) is 18.3 Å². The minimum Gasteiger partial charge on any atom is -0.362 e. The van der Waals surface area contributed by atoms with Crippen molar-refractivity contribution in [3.63, 3.8) is 0 Å². The van der Waals surface area contributed by atoms with E-state index in [1.165, 1.54) is 0 Å². The van der Waals surface area contributed by atoms with Crippen LogP contribution in [0.3, 0.4) is 0 Å². The Hall–Kier alpha value is -1.74. The zero-order valence-corrected chi connectivity index (χ0v) is 16.8. The first-order valence-electron chi connectivity index (χ1n) is 8.25. The van der Waals surface area contributed by atoms with E-state index in [0.717, 1.165) is 9.15 Å². The first-order chi connectivity index (χ1) is 12.6. The summed E-state index contributed by atoms with van der Waals surface area (Å²) in [6, 6.07) is 4.29. The highest BCUT2D eigenvalue weighted by molar-refractivity contribution is 9.10. The third-order valence-corrected chi connectivity index (χ3v) is 5.09. The number of halogens is 5. The molecule has 1 aliphatic heterocycles. The predicted molar refractivity (Wildman–Crippen MR) is 100 cm³/mol. The molecule has 2 aromatic rings. The standard InChI is InChI=1S/C17H17BrClF3N4O/c1-8(2)23-16(27)14-13(19)15-24-11(9-3-5-10(18)6-4-9)7-12(17(20,21)22)26(15)25-14/h3-6,8,11-12,24H,7H2,1-2H3,(H,23,27). The third kappa shape index (κ3) is 4.08. The fourth-order valence-corrected chi connectivity index (χ4v) is 3.51. The number of amides is 1. The predicted octanol–water partition coefficient (Wildman–Crippen LogP) is 5.10. The van der Waals surface area contributed by atoms with E-state index in [-0.39, 0.29) is 29.0 Å². The summed E-state index contributed by atoms with van der Waals surface area (Å²) in [5.41, 5.74) is 0.461. The SMILES string of the molecule is CC(C)NC(=O)c1nn2c(c1Cl)NC(c1ccc(Br)cc1)CC2C(F)(F)F. The molecule has 1 aromatic carbocycles.